The molecule has 0 aliphatic rings. The molecule has 0 aliphatic carbocycles. The number of fused-ring (bicyclic) bond motifs is 3. The Kier molecular flexibility index (Phi) is 4.99. The fourth-order valence-corrected chi connectivity index (χ4v) is 4.75. The van der Waals surface area contributed by atoms with Crippen LogP contribution < -0.4 is 5.56 Å². The second kappa shape index (κ2) is 6.98. The maximum absolute atomic E-state index is 12.4. The van der Waals surface area contributed by atoms with Gasteiger partial charge in [-0.2, -0.15) is 0 Å². The topological polar surface area (TPSA) is 37.6 Å². The number of hydrogen-bond donors (Lipinski definition) is 0. The van der Waals surface area contributed by atoms with Crippen molar-refractivity contribution in [1.29, 1.82) is 0 Å². The van der Waals surface area contributed by atoms with Gasteiger partial charge in [0.15, 0.2) is 4.96 Å². The van der Waals surface area contributed by atoms with Crippen LogP contribution in [0.2, 0.25) is 0 Å². The quantitative estimate of drug-likeness (QED) is 0.660. The second-order valence-electron chi connectivity index (χ2n) is 5.00. The van der Waals surface area contributed by atoms with E-state index in [0.717, 1.165) is 38.3 Å². The van der Waals surface area contributed by atoms with Crippen molar-refractivity contribution in [3.63, 3.8) is 0 Å². The zero-order valence-electron chi connectivity index (χ0n) is 13.0. The van der Waals surface area contributed by atoms with Gasteiger partial charge in [-0.3, -0.25) is 9.20 Å². The van der Waals surface area contributed by atoms with E-state index in [1.54, 1.807) is 22.2 Å². The molecule has 120 valence electrons. The molecule has 7 heteroatoms. The van der Waals surface area contributed by atoms with Crippen LogP contribution in [-0.2, 0) is 5.75 Å². The minimum atomic E-state index is -0.0307. The largest absolute Gasteiger partial charge is 0.358 e. The molecule has 2 aromatic heterocycles. The van der Waals surface area contributed by atoms with Crippen LogP contribution in [0.15, 0.2) is 35.1 Å². The summed E-state index contributed by atoms with van der Waals surface area (Å²) >= 11 is 8.54. The maximum atomic E-state index is 12.4. The molecule has 0 saturated carbocycles. The Labute approximate surface area is 148 Å². The third-order valence-electron chi connectivity index (χ3n) is 3.61. The molecular weight excluding hydrogens is 346 g/mol. The second-order valence-corrected chi connectivity index (χ2v) is 7.62. The summed E-state index contributed by atoms with van der Waals surface area (Å²) in [6, 6.07) is 9.49. The highest BCUT2D eigenvalue weighted by molar-refractivity contribution is 8.22. The first-order valence-electron chi connectivity index (χ1n) is 7.46. The van der Waals surface area contributed by atoms with Gasteiger partial charge in [0.05, 0.1) is 15.9 Å². The highest BCUT2D eigenvalue weighted by Crippen LogP contribution is 2.24. The summed E-state index contributed by atoms with van der Waals surface area (Å²) in [6.07, 6.45) is 0. The molecular formula is C16H17N3OS3. The van der Waals surface area contributed by atoms with Gasteiger partial charge in [-0.05, 0) is 26.0 Å². The van der Waals surface area contributed by atoms with E-state index >= 15 is 0 Å². The SMILES string of the molecule is CCN(CC)C(=S)SCc1cc(=O)n2c(n1)sc1ccccc12. The first-order chi connectivity index (χ1) is 11.1. The molecule has 0 saturated heterocycles. The molecule has 0 aliphatic heterocycles. The van der Waals surface area contributed by atoms with Crippen LogP contribution in [0.3, 0.4) is 0 Å². The Hall–Kier alpha value is -1.44. The normalized spacial score (nSPS) is 11.2. The lowest BCUT2D eigenvalue weighted by atomic mass is 10.3. The third kappa shape index (κ3) is 3.27. The van der Waals surface area contributed by atoms with Gasteiger partial charge in [0, 0.05) is 24.9 Å². The Morgan fingerprint density at radius 1 is 1.35 bits per heavy atom. The van der Waals surface area contributed by atoms with Crippen molar-refractivity contribution >= 4 is 54.8 Å². The summed E-state index contributed by atoms with van der Waals surface area (Å²) in [5.74, 6) is 0.620. The van der Waals surface area contributed by atoms with E-state index in [-0.39, 0.29) is 5.56 Å². The zero-order chi connectivity index (χ0) is 16.4. The lowest BCUT2D eigenvalue weighted by Crippen LogP contribution is -2.26. The molecule has 0 N–H and O–H groups in total. The average molecular weight is 364 g/mol. The molecule has 0 amide bonds. The van der Waals surface area contributed by atoms with Crippen LogP contribution in [0.4, 0.5) is 0 Å². The highest BCUT2D eigenvalue weighted by Gasteiger charge is 2.11. The molecule has 2 heterocycles. The van der Waals surface area contributed by atoms with Gasteiger partial charge in [0.2, 0.25) is 0 Å². The molecule has 3 aromatic rings. The van der Waals surface area contributed by atoms with Crippen LogP contribution in [0.5, 0.6) is 0 Å². The summed E-state index contributed by atoms with van der Waals surface area (Å²) in [4.78, 5) is 20.0. The molecule has 0 atom stereocenters. The van der Waals surface area contributed by atoms with E-state index in [2.05, 4.69) is 23.7 Å². The van der Waals surface area contributed by atoms with Gasteiger partial charge in [-0.1, -0.05) is 47.4 Å². The third-order valence-corrected chi connectivity index (χ3v) is 6.19. The van der Waals surface area contributed by atoms with Gasteiger partial charge in [0.25, 0.3) is 5.56 Å². The number of nitrogens with zero attached hydrogens (tertiary/aromatic N) is 3. The van der Waals surface area contributed by atoms with Crippen LogP contribution in [-0.4, -0.2) is 31.7 Å². The van der Waals surface area contributed by atoms with Crippen molar-refractivity contribution in [1.82, 2.24) is 14.3 Å². The first kappa shape index (κ1) is 16.4. The van der Waals surface area contributed by atoms with E-state index in [0.29, 0.717) is 5.75 Å². The summed E-state index contributed by atoms with van der Waals surface area (Å²) in [5, 5.41) is 0. The molecule has 0 spiro atoms. The fourth-order valence-electron chi connectivity index (χ4n) is 2.41. The summed E-state index contributed by atoms with van der Waals surface area (Å²) < 4.78 is 3.60. The van der Waals surface area contributed by atoms with Gasteiger partial charge in [-0.25, -0.2) is 4.98 Å². The molecule has 1 aromatic carbocycles. The molecule has 0 fully saturated rings. The Morgan fingerprint density at radius 2 is 2.09 bits per heavy atom. The van der Waals surface area contributed by atoms with Crippen LogP contribution >= 0.6 is 35.3 Å². The Balaban J connectivity index is 1.90. The van der Waals surface area contributed by atoms with Crippen molar-refractivity contribution < 1.29 is 0 Å². The Morgan fingerprint density at radius 3 is 2.83 bits per heavy atom. The zero-order valence-corrected chi connectivity index (χ0v) is 15.4. The van der Waals surface area contributed by atoms with Gasteiger partial charge in [0.1, 0.15) is 4.32 Å². The molecule has 0 radical (unpaired) electrons. The number of hydrogen-bond acceptors (Lipinski definition) is 5. The molecule has 0 unspecified atom stereocenters. The minimum absolute atomic E-state index is 0.0307. The van der Waals surface area contributed by atoms with Crippen LogP contribution in [0, 0.1) is 0 Å². The standard InChI is InChI=1S/C16H17N3OS3/c1-3-18(4-2)16(21)22-10-11-9-14(20)19-12-7-5-6-8-13(12)23-15(19)17-11/h5-9H,3-4,10H2,1-2H3. The lowest BCUT2D eigenvalue weighted by molar-refractivity contribution is 0.482. The van der Waals surface area contributed by atoms with Crippen molar-refractivity contribution in [2.75, 3.05) is 13.1 Å². The summed E-state index contributed by atoms with van der Waals surface area (Å²) in [7, 11) is 0. The average Bonchev–Trinajstić information content (AvgIpc) is 2.92. The lowest BCUT2D eigenvalue weighted by Gasteiger charge is -2.20. The van der Waals surface area contributed by atoms with Crippen molar-refractivity contribution in [3.8, 4) is 0 Å². The number of thioether (sulfide) groups is 1. The van der Waals surface area contributed by atoms with Gasteiger partial charge in [-0.15, -0.1) is 0 Å². The van der Waals surface area contributed by atoms with E-state index in [1.807, 2.05) is 24.3 Å². The monoisotopic (exact) mass is 363 g/mol. The smallest absolute Gasteiger partial charge is 0.259 e. The predicted octanol–water partition coefficient (Wildman–Crippen LogP) is 3.77. The van der Waals surface area contributed by atoms with E-state index in [9.17, 15) is 4.79 Å². The molecule has 0 bridgehead atoms. The highest BCUT2D eigenvalue weighted by atomic mass is 32.2. The van der Waals surface area contributed by atoms with Crippen LogP contribution in [0.25, 0.3) is 15.2 Å². The molecule has 23 heavy (non-hydrogen) atoms. The molecule has 3 rings (SSSR count). The van der Waals surface area contributed by atoms with E-state index in [4.69, 9.17) is 12.2 Å². The summed E-state index contributed by atoms with van der Waals surface area (Å²) in [6.45, 7) is 5.97. The van der Waals surface area contributed by atoms with E-state index < -0.39 is 0 Å². The van der Waals surface area contributed by atoms with Gasteiger partial charge >= 0.3 is 0 Å². The van der Waals surface area contributed by atoms with Crippen molar-refractivity contribution in [2.45, 2.75) is 19.6 Å². The molecule has 4 nitrogen and oxygen atoms in total. The van der Waals surface area contributed by atoms with E-state index in [1.165, 1.54) is 11.3 Å². The Bertz CT molecular complexity index is 912. The minimum Gasteiger partial charge on any atom is -0.358 e. The first-order valence-corrected chi connectivity index (χ1v) is 9.67. The number of thiocarbonyl (C=S) groups is 1. The number of aromatic nitrogens is 2. The van der Waals surface area contributed by atoms with Crippen LogP contribution in [0.1, 0.15) is 19.5 Å². The maximum Gasteiger partial charge on any atom is 0.259 e. The number of rotatable bonds is 4. The number of thiazole rings is 1. The summed E-state index contributed by atoms with van der Waals surface area (Å²) in [5.41, 5.74) is 1.67. The van der Waals surface area contributed by atoms with Crippen molar-refractivity contribution in [2.24, 2.45) is 0 Å². The predicted molar refractivity (Wildman–Crippen MR) is 104 cm³/mol. The number of benzene rings is 1. The fraction of sp³-hybridized carbons (Fsp3) is 0.312. The van der Waals surface area contributed by atoms with Crippen molar-refractivity contribution in [3.05, 3.63) is 46.4 Å². The van der Waals surface area contributed by atoms with Gasteiger partial charge < -0.3 is 4.90 Å². The number of para-hydroxylation sites is 1.